The Labute approximate surface area is 119 Å². The van der Waals surface area contributed by atoms with E-state index in [0.29, 0.717) is 12.8 Å². The molecule has 0 saturated carbocycles. The van der Waals surface area contributed by atoms with Crippen molar-refractivity contribution in [2.75, 3.05) is 0 Å². The van der Waals surface area contributed by atoms with Crippen molar-refractivity contribution in [3.63, 3.8) is 0 Å². The molecule has 106 valence electrons. The number of rotatable bonds is 6. The van der Waals surface area contributed by atoms with Crippen LogP contribution in [0.4, 0.5) is 0 Å². The lowest BCUT2D eigenvalue weighted by Gasteiger charge is -2.11. The zero-order valence-electron chi connectivity index (χ0n) is 11.9. The molecule has 0 amide bonds. The van der Waals surface area contributed by atoms with Crippen molar-refractivity contribution >= 4 is 5.97 Å². The van der Waals surface area contributed by atoms with E-state index >= 15 is 0 Å². The number of aromatic nitrogens is 2. The number of carboxylic acids is 1. The van der Waals surface area contributed by atoms with E-state index in [2.05, 4.69) is 5.10 Å². The number of carboxylic acid groups (broad SMARTS) is 1. The molecule has 0 bridgehead atoms. The van der Waals surface area contributed by atoms with Crippen molar-refractivity contribution in [1.29, 1.82) is 0 Å². The first kappa shape index (κ1) is 14.3. The Bertz CT molecular complexity index is 572. The summed E-state index contributed by atoms with van der Waals surface area (Å²) in [5.74, 6) is -1.16. The lowest BCUT2D eigenvalue weighted by atomic mass is 9.93. The molecule has 0 fully saturated rings. The number of aliphatic carboxylic acids is 1. The van der Waals surface area contributed by atoms with Gasteiger partial charge >= 0.3 is 5.97 Å². The minimum absolute atomic E-state index is 0.410. The minimum Gasteiger partial charge on any atom is -0.481 e. The summed E-state index contributed by atoms with van der Waals surface area (Å²) >= 11 is 0. The normalized spacial score (nSPS) is 12.3. The van der Waals surface area contributed by atoms with Gasteiger partial charge in [0.25, 0.3) is 0 Å². The van der Waals surface area contributed by atoms with E-state index in [4.69, 9.17) is 0 Å². The van der Waals surface area contributed by atoms with Gasteiger partial charge in [0.1, 0.15) is 0 Å². The maximum Gasteiger partial charge on any atom is 0.307 e. The van der Waals surface area contributed by atoms with Gasteiger partial charge in [-0.15, -0.1) is 0 Å². The molecule has 1 N–H and O–H groups in total. The van der Waals surface area contributed by atoms with Gasteiger partial charge in [0.15, 0.2) is 0 Å². The fourth-order valence-electron chi connectivity index (χ4n) is 2.22. The molecule has 2 rings (SSSR count). The first-order chi connectivity index (χ1) is 9.58. The van der Waals surface area contributed by atoms with Crippen molar-refractivity contribution in [2.45, 2.75) is 33.2 Å². The number of aryl methyl sites for hydroxylation is 2. The number of benzene rings is 1. The molecule has 1 heterocycles. The van der Waals surface area contributed by atoms with Gasteiger partial charge < -0.3 is 5.11 Å². The second-order valence-electron chi connectivity index (χ2n) is 5.13. The molecule has 1 atom stereocenters. The van der Waals surface area contributed by atoms with E-state index in [1.807, 2.05) is 49.0 Å². The van der Waals surface area contributed by atoms with E-state index in [1.165, 1.54) is 5.56 Å². The Morgan fingerprint density at radius 3 is 2.45 bits per heavy atom. The summed E-state index contributed by atoms with van der Waals surface area (Å²) in [7, 11) is 0. The summed E-state index contributed by atoms with van der Waals surface area (Å²) in [6.07, 6.45) is 4.75. The number of hydrogen-bond acceptors (Lipinski definition) is 2. The molecule has 20 heavy (non-hydrogen) atoms. The third-order valence-corrected chi connectivity index (χ3v) is 3.44. The van der Waals surface area contributed by atoms with Gasteiger partial charge in [-0.25, -0.2) is 0 Å². The number of carbonyl (C=O) groups is 1. The quantitative estimate of drug-likeness (QED) is 0.879. The van der Waals surface area contributed by atoms with Crippen LogP contribution in [0.25, 0.3) is 0 Å². The zero-order chi connectivity index (χ0) is 14.5. The van der Waals surface area contributed by atoms with Crippen molar-refractivity contribution in [2.24, 2.45) is 5.92 Å². The predicted octanol–water partition coefficient (Wildman–Crippen LogP) is 2.70. The highest BCUT2D eigenvalue weighted by molar-refractivity contribution is 5.70. The topological polar surface area (TPSA) is 55.1 Å². The fraction of sp³-hybridized carbons (Fsp3) is 0.375. The van der Waals surface area contributed by atoms with Crippen LogP contribution >= 0.6 is 0 Å². The molecule has 4 nitrogen and oxygen atoms in total. The van der Waals surface area contributed by atoms with Gasteiger partial charge in [0, 0.05) is 12.7 Å². The summed E-state index contributed by atoms with van der Waals surface area (Å²) in [5, 5.41) is 13.6. The van der Waals surface area contributed by atoms with Gasteiger partial charge in [-0.2, -0.15) is 5.10 Å². The Balaban J connectivity index is 2.07. The highest BCUT2D eigenvalue weighted by Crippen LogP contribution is 2.15. The molecular weight excluding hydrogens is 252 g/mol. The van der Waals surface area contributed by atoms with Crippen LogP contribution in [0.15, 0.2) is 36.7 Å². The number of hydrogen-bond donors (Lipinski definition) is 1. The summed E-state index contributed by atoms with van der Waals surface area (Å²) < 4.78 is 1.82. The Kier molecular flexibility index (Phi) is 4.56. The van der Waals surface area contributed by atoms with Gasteiger partial charge in [0.05, 0.1) is 12.1 Å². The minimum atomic E-state index is -0.755. The van der Waals surface area contributed by atoms with Crippen LogP contribution < -0.4 is 0 Å². The third-order valence-electron chi connectivity index (χ3n) is 3.44. The average molecular weight is 272 g/mol. The molecule has 0 aliphatic rings. The van der Waals surface area contributed by atoms with Gasteiger partial charge in [-0.3, -0.25) is 9.48 Å². The summed E-state index contributed by atoms with van der Waals surface area (Å²) in [5.41, 5.74) is 3.22. The van der Waals surface area contributed by atoms with Crippen molar-refractivity contribution in [1.82, 2.24) is 9.78 Å². The summed E-state index contributed by atoms with van der Waals surface area (Å²) in [4.78, 5) is 11.4. The molecule has 0 aliphatic carbocycles. The first-order valence-corrected chi connectivity index (χ1v) is 6.88. The molecule has 1 aromatic heterocycles. The van der Waals surface area contributed by atoms with Crippen LogP contribution in [-0.2, 0) is 24.2 Å². The smallest absolute Gasteiger partial charge is 0.307 e. The van der Waals surface area contributed by atoms with Gasteiger partial charge in [-0.1, -0.05) is 29.8 Å². The van der Waals surface area contributed by atoms with Crippen LogP contribution in [-0.4, -0.2) is 20.9 Å². The Morgan fingerprint density at radius 2 is 1.90 bits per heavy atom. The van der Waals surface area contributed by atoms with Crippen LogP contribution in [0, 0.1) is 12.8 Å². The van der Waals surface area contributed by atoms with Crippen molar-refractivity contribution in [3.05, 3.63) is 53.3 Å². The zero-order valence-corrected chi connectivity index (χ0v) is 11.9. The van der Waals surface area contributed by atoms with E-state index in [9.17, 15) is 9.90 Å². The maximum atomic E-state index is 11.4. The predicted molar refractivity (Wildman–Crippen MR) is 77.6 cm³/mol. The lowest BCUT2D eigenvalue weighted by Crippen LogP contribution is -2.19. The SMILES string of the molecule is CCn1cc(CC(Cc2ccc(C)cc2)C(=O)O)cn1. The Morgan fingerprint density at radius 1 is 1.25 bits per heavy atom. The second-order valence-corrected chi connectivity index (χ2v) is 5.13. The van der Waals surface area contributed by atoms with E-state index in [0.717, 1.165) is 17.7 Å². The van der Waals surface area contributed by atoms with E-state index < -0.39 is 11.9 Å². The lowest BCUT2D eigenvalue weighted by molar-refractivity contribution is -0.141. The largest absolute Gasteiger partial charge is 0.481 e. The molecule has 1 aromatic carbocycles. The van der Waals surface area contributed by atoms with Gasteiger partial charge in [-0.05, 0) is 37.8 Å². The first-order valence-electron chi connectivity index (χ1n) is 6.88. The summed E-state index contributed by atoms with van der Waals surface area (Å²) in [6, 6.07) is 8.04. The third kappa shape index (κ3) is 3.70. The maximum absolute atomic E-state index is 11.4. The van der Waals surface area contributed by atoms with Crippen LogP contribution in [0.2, 0.25) is 0 Å². The van der Waals surface area contributed by atoms with Crippen LogP contribution in [0.1, 0.15) is 23.6 Å². The van der Waals surface area contributed by atoms with Crippen LogP contribution in [0.3, 0.4) is 0 Å². The van der Waals surface area contributed by atoms with E-state index in [-0.39, 0.29) is 0 Å². The van der Waals surface area contributed by atoms with Crippen molar-refractivity contribution < 1.29 is 9.90 Å². The highest BCUT2D eigenvalue weighted by Gasteiger charge is 2.19. The molecule has 2 aromatic rings. The fourth-order valence-corrected chi connectivity index (χ4v) is 2.22. The van der Waals surface area contributed by atoms with E-state index in [1.54, 1.807) is 6.20 Å². The van der Waals surface area contributed by atoms with Gasteiger partial charge in [0.2, 0.25) is 0 Å². The average Bonchev–Trinajstić information content (AvgIpc) is 2.88. The molecule has 0 spiro atoms. The van der Waals surface area contributed by atoms with Crippen molar-refractivity contribution in [3.8, 4) is 0 Å². The molecule has 1 unspecified atom stereocenters. The number of nitrogens with zero attached hydrogens (tertiary/aromatic N) is 2. The molecular formula is C16H20N2O2. The standard InChI is InChI=1S/C16H20N2O2/c1-3-18-11-14(10-17-18)9-15(16(19)20)8-13-6-4-12(2)5-7-13/h4-7,10-11,15H,3,8-9H2,1-2H3,(H,19,20). The highest BCUT2D eigenvalue weighted by atomic mass is 16.4. The molecule has 4 heteroatoms. The monoisotopic (exact) mass is 272 g/mol. The summed E-state index contributed by atoms with van der Waals surface area (Å²) in [6.45, 7) is 4.84. The second kappa shape index (κ2) is 6.37. The molecule has 0 saturated heterocycles. The molecule has 0 aliphatic heterocycles. The van der Waals surface area contributed by atoms with Crippen LogP contribution in [0.5, 0.6) is 0 Å². The Hall–Kier alpha value is -2.10. The molecule has 0 radical (unpaired) electrons.